The van der Waals surface area contributed by atoms with E-state index >= 15 is 0 Å². The first-order chi connectivity index (χ1) is 8.36. The molecule has 0 spiro atoms. The van der Waals surface area contributed by atoms with Crippen LogP contribution in [0.15, 0.2) is 30.5 Å². The molecule has 3 N–H and O–H groups in total. The molecule has 86 valence electrons. The number of anilines is 1. The standard InChI is InChI=1S/C11H10N4O2/c12-15-11-13-4-3-8(14-11)7-1-2-9-10(5-7)17-6-16-9/h1-5H,6,12H2,(H,13,14,15). The molecule has 0 saturated carbocycles. The van der Waals surface area contributed by atoms with Gasteiger partial charge in [-0.05, 0) is 24.3 Å². The maximum Gasteiger partial charge on any atom is 0.237 e. The van der Waals surface area contributed by atoms with Crippen molar-refractivity contribution in [1.29, 1.82) is 0 Å². The molecule has 1 aromatic carbocycles. The lowest BCUT2D eigenvalue weighted by molar-refractivity contribution is 0.174. The molecule has 0 fully saturated rings. The molecular formula is C11H10N4O2. The predicted molar refractivity (Wildman–Crippen MR) is 61.4 cm³/mol. The Morgan fingerprint density at radius 3 is 2.94 bits per heavy atom. The van der Waals surface area contributed by atoms with Crippen molar-refractivity contribution in [2.75, 3.05) is 12.2 Å². The zero-order valence-electron chi connectivity index (χ0n) is 8.88. The number of rotatable bonds is 2. The van der Waals surface area contributed by atoms with Crippen LogP contribution >= 0.6 is 0 Å². The first-order valence-corrected chi connectivity index (χ1v) is 5.06. The highest BCUT2D eigenvalue weighted by molar-refractivity contribution is 5.64. The maximum absolute atomic E-state index is 5.31. The molecule has 0 atom stereocenters. The molecule has 1 aliphatic rings. The van der Waals surface area contributed by atoms with Gasteiger partial charge in [-0.15, -0.1) is 0 Å². The molecule has 0 saturated heterocycles. The van der Waals surface area contributed by atoms with Gasteiger partial charge in [0, 0.05) is 11.8 Å². The third-order valence-electron chi connectivity index (χ3n) is 2.45. The molecule has 3 rings (SSSR count). The molecule has 1 aliphatic heterocycles. The molecule has 0 unspecified atom stereocenters. The molecule has 6 nitrogen and oxygen atoms in total. The number of nitrogens with zero attached hydrogens (tertiary/aromatic N) is 2. The van der Waals surface area contributed by atoms with Crippen molar-refractivity contribution in [2.45, 2.75) is 0 Å². The van der Waals surface area contributed by atoms with Crippen molar-refractivity contribution in [3.63, 3.8) is 0 Å². The van der Waals surface area contributed by atoms with Crippen LogP contribution in [0.1, 0.15) is 0 Å². The van der Waals surface area contributed by atoms with Crippen LogP contribution in [0.3, 0.4) is 0 Å². The predicted octanol–water partition coefficient (Wildman–Crippen LogP) is 1.16. The van der Waals surface area contributed by atoms with Gasteiger partial charge < -0.3 is 9.47 Å². The Bertz CT molecular complexity index is 559. The normalized spacial score (nSPS) is 12.5. The smallest absolute Gasteiger partial charge is 0.237 e. The maximum atomic E-state index is 5.31. The van der Waals surface area contributed by atoms with Crippen molar-refractivity contribution in [2.24, 2.45) is 5.84 Å². The summed E-state index contributed by atoms with van der Waals surface area (Å²) in [7, 11) is 0. The van der Waals surface area contributed by atoms with E-state index in [1.54, 1.807) is 12.3 Å². The molecule has 2 heterocycles. The number of hydrogen-bond acceptors (Lipinski definition) is 6. The molecule has 0 amide bonds. The van der Waals surface area contributed by atoms with Crippen LogP contribution in [0, 0.1) is 0 Å². The van der Waals surface area contributed by atoms with E-state index < -0.39 is 0 Å². The second-order valence-electron chi connectivity index (χ2n) is 3.48. The van der Waals surface area contributed by atoms with Crippen LogP contribution < -0.4 is 20.7 Å². The van der Waals surface area contributed by atoms with Gasteiger partial charge in [0.15, 0.2) is 11.5 Å². The first kappa shape index (κ1) is 9.86. The van der Waals surface area contributed by atoms with E-state index in [1.807, 2.05) is 18.2 Å². The Kier molecular flexibility index (Phi) is 2.27. The third-order valence-corrected chi connectivity index (χ3v) is 2.45. The summed E-state index contributed by atoms with van der Waals surface area (Å²) in [4.78, 5) is 8.20. The summed E-state index contributed by atoms with van der Waals surface area (Å²) in [5, 5.41) is 0. The van der Waals surface area contributed by atoms with Gasteiger partial charge in [-0.3, -0.25) is 5.43 Å². The highest BCUT2D eigenvalue weighted by Crippen LogP contribution is 2.35. The van der Waals surface area contributed by atoms with Gasteiger partial charge in [0.25, 0.3) is 0 Å². The van der Waals surface area contributed by atoms with Gasteiger partial charge >= 0.3 is 0 Å². The van der Waals surface area contributed by atoms with Gasteiger partial charge in [0.05, 0.1) is 5.69 Å². The summed E-state index contributed by atoms with van der Waals surface area (Å²) >= 11 is 0. The van der Waals surface area contributed by atoms with Gasteiger partial charge in [0.1, 0.15) is 0 Å². The van der Waals surface area contributed by atoms with Crippen molar-refractivity contribution < 1.29 is 9.47 Å². The van der Waals surface area contributed by atoms with Crippen LogP contribution in [0.2, 0.25) is 0 Å². The quantitative estimate of drug-likeness (QED) is 0.595. The van der Waals surface area contributed by atoms with E-state index in [9.17, 15) is 0 Å². The van der Waals surface area contributed by atoms with Crippen LogP contribution in [0.25, 0.3) is 11.3 Å². The fraction of sp³-hybridized carbons (Fsp3) is 0.0909. The lowest BCUT2D eigenvalue weighted by Crippen LogP contribution is -2.10. The van der Waals surface area contributed by atoms with Crippen LogP contribution in [0.5, 0.6) is 11.5 Å². The largest absolute Gasteiger partial charge is 0.454 e. The lowest BCUT2D eigenvalue weighted by atomic mass is 10.1. The molecule has 17 heavy (non-hydrogen) atoms. The molecule has 6 heteroatoms. The summed E-state index contributed by atoms with van der Waals surface area (Å²) in [6.45, 7) is 0.262. The van der Waals surface area contributed by atoms with Gasteiger partial charge in [0.2, 0.25) is 12.7 Å². The van der Waals surface area contributed by atoms with E-state index in [-0.39, 0.29) is 6.79 Å². The number of fused-ring (bicyclic) bond motifs is 1. The minimum absolute atomic E-state index is 0.262. The van der Waals surface area contributed by atoms with E-state index in [2.05, 4.69) is 15.4 Å². The van der Waals surface area contributed by atoms with Gasteiger partial charge in [-0.2, -0.15) is 0 Å². The Hall–Kier alpha value is -2.34. The molecule has 0 bridgehead atoms. The number of nitrogens with two attached hydrogens (primary N) is 1. The topological polar surface area (TPSA) is 82.3 Å². The zero-order valence-corrected chi connectivity index (χ0v) is 8.88. The van der Waals surface area contributed by atoms with E-state index in [4.69, 9.17) is 15.3 Å². The SMILES string of the molecule is NNc1nccc(-c2ccc3c(c2)OCO3)n1. The van der Waals surface area contributed by atoms with Gasteiger partial charge in [-0.25, -0.2) is 15.8 Å². The number of nitrogen functional groups attached to an aromatic ring is 1. The zero-order chi connectivity index (χ0) is 11.7. The van der Waals surface area contributed by atoms with E-state index in [1.165, 1.54) is 0 Å². The molecule has 2 aromatic rings. The van der Waals surface area contributed by atoms with E-state index in [0.717, 1.165) is 22.8 Å². The van der Waals surface area contributed by atoms with Gasteiger partial charge in [-0.1, -0.05) is 0 Å². The Labute approximate surface area is 97.4 Å². The van der Waals surface area contributed by atoms with Crippen LogP contribution in [-0.4, -0.2) is 16.8 Å². The summed E-state index contributed by atoms with van der Waals surface area (Å²) < 4.78 is 10.6. The first-order valence-electron chi connectivity index (χ1n) is 5.06. The summed E-state index contributed by atoms with van der Waals surface area (Å²) in [6, 6.07) is 7.45. The summed E-state index contributed by atoms with van der Waals surface area (Å²) in [5.74, 6) is 7.12. The Morgan fingerprint density at radius 1 is 1.18 bits per heavy atom. The monoisotopic (exact) mass is 230 g/mol. The van der Waals surface area contributed by atoms with Crippen molar-refractivity contribution in [3.8, 4) is 22.8 Å². The minimum Gasteiger partial charge on any atom is -0.454 e. The van der Waals surface area contributed by atoms with E-state index in [0.29, 0.717) is 5.95 Å². The summed E-state index contributed by atoms with van der Waals surface area (Å²) in [5.41, 5.74) is 4.11. The fourth-order valence-corrected chi connectivity index (χ4v) is 1.64. The number of nitrogens with one attached hydrogen (secondary N) is 1. The average Bonchev–Trinajstić information content (AvgIpc) is 2.86. The number of hydrogen-bond donors (Lipinski definition) is 2. The van der Waals surface area contributed by atoms with Crippen LogP contribution in [0.4, 0.5) is 5.95 Å². The number of benzene rings is 1. The number of aromatic nitrogens is 2. The summed E-state index contributed by atoms with van der Waals surface area (Å²) in [6.07, 6.45) is 1.64. The minimum atomic E-state index is 0.262. The van der Waals surface area contributed by atoms with Crippen molar-refractivity contribution in [3.05, 3.63) is 30.5 Å². The highest BCUT2D eigenvalue weighted by atomic mass is 16.7. The lowest BCUT2D eigenvalue weighted by Gasteiger charge is -2.04. The van der Waals surface area contributed by atoms with Crippen molar-refractivity contribution in [1.82, 2.24) is 9.97 Å². The molecule has 0 aliphatic carbocycles. The highest BCUT2D eigenvalue weighted by Gasteiger charge is 2.14. The fourth-order valence-electron chi connectivity index (χ4n) is 1.64. The number of hydrazine groups is 1. The van der Waals surface area contributed by atoms with Crippen molar-refractivity contribution >= 4 is 5.95 Å². The molecule has 1 aromatic heterocycles. The third kappa shape index (κ3) is 1.74. The Morgan fingerprint density at radius 2 is 2.06 bits per heavy atom. The number of ether oxygens (including phenoxy) is 2. The Balaban J connectivity index is 2.03. The molecular weight excluding hydrogens is 220 g/mol. The second kappa shape index (κ2) is 3.91. The van der Waals surface area contributed by atoms with Crippen LogP contribution in [-0.2, 0) is 0 Å². The average molecular weight is 230 g/mol. The molecule has 0 radical (unpaired) electrons. The second-order valence-corrected chi connectivity index (χ2v) is 3.48.